The Balaban J connectivity index is 2.44. The fourth-order valence-electron chi connectivity index (χ4n) is 0.985. The maximum atomic E-state index is 5.95. The molecule has 82 valence electrons. The first-order valence-corrected chi connectivity index (χ1v) is 5.45. The van der Waals surface area contributed by atoms with Gasteiger partial charge in [-0.3, -0.25) is 10.9 Å². The van der Waals surface area contributed by atoms with E-state index in [0.29, 0.717) is 16.2 Å². The third kappa shape index (κ3) is 4.36. The van der Waals surface area contributed by atoms with E-state index >= 15 is 0 Å². The molecule has 0 aliphatic rings. The van der Waals surface area contributed by atoms with Gasteiger partial charge in [0.05, 0.1) is 10.7 Å². The van der Waals surface area contributed by atoms with Crippen LogP contribution in [0.5, 0.6) is 0 Å². The van der Waals surface area contributed by atoms with Gasteiger partial charge in [-0.2, -0.15) is 0 Å². The van der Waals surface area contributed by atoms with Crippen molar-refractivity contribution in [3.63, 3.8) is 0 Å². The molecule has 0 radical (unpaired) electrons. The predicted octanol–water partition coefficient (Wildman–Crippen LogP) is 2.54. The van der Waals surface area contributed by atoms with Gasteiger partial charge in [0.2, 0.25) is 0 Å². The van der Waals surface area contributed by atoms with Crippen LogP contribution in [0.25, 0.3) is 0 Å². The highest BCUT2D eigenvalue weighted by Gasteiger charge is 1.99. The molecular weight excluding hydrogens is 230 g/mol. The van der Waals surface area contributed by atoms with E-state index in [1.165, 1.54) is 0 Å². The normalized spacial score (nSPS) is 9.87. The molecule has 0 aliphatic carbocycles. The summed E-state index contributed by atoms with van der Waals surface area (Å²) < 4.78 is 0. The second-order valence-electron chi connectivity index (χ2n) is 3.36. The van der Waals surface area contributed by atoms with E-state index in [4.69, 9.17) is 23.8 Å². The van der Waals surface area contributed by atoms with Crippen LogP contribution in [0.1, 0.15) is 13.8 Å². The molecule has 0 atom stereocenters. The number of hydrogen-bond donors (Lipinski definition) is 3. The summed E-state index contributed by atoms with van der Waals surface area (Å²) in [7, 11) is 0. The SMILES string of the molecule is CC(C)NC(=S)NNc1ccccc1Cl. The number of hydrazine groups is 1. The summed E-state index contributed by atoms with van der Waals surface area (Å²) >= 11 is 11.0. The molecule has 0 spiro atoms. The van der Waals surface area contributed by atoms with Gasteiger partial charge in [-0.15, -0.1) is 0 Å². The minimum Gasteiger partial charge on any atom is -0.359 e. The minimum atomic E-state index is 0.304. The van der Waals surface area contributed by atoms with Gasteiger partial charge >= 0.3 is 0 Å². The summed E-state index contributed by atoms with van der Waals surface area (Å²) in [6.45, 7) is 4.03. The Morgan fingerprint density at radius 3 is 2.60 bits per heavy atom. The van der Waals surface area contributed by atoms with Gasteiger partial charge in [0.15, 0.2) is 5.11 Å². The highest BCUT2D eigenvalue weighted by molar-refractivity contribution is 7.80. The van der Waals surface area contributed by atoms with Crippen molar-refractivity contribution in [2.75, 3.05) is 5.43 Å². The van der Waals surface area contributed by atoms with Gasteiger partial charge in [0.25, 0.3) is 0 Å². The molecule has 0 heterocycles. The van der Waals surface area contributed by atoms with Gasteiger partial charge in [-0.25, -0.2) is 0 Å². The molecule has 0 aromatic heterocycles. The number of thiocarbonyl (C=S) groups is 1. The number of benzene rings is 1. The average Bonchev–Trinajstić information content (AvgIpc) is 2.15. The second-order valence-corrected chi connectivity index (χ2v) is 4.17. The topological polar surface area (TPSA) is 36.1 Å². The number of nitrogens with one attached hydrogen (secondary N) is 3. The molecule has 0 bridgehead atoms. The highest BCUT2D eigenvalue weighted by Crippen LogP contribution is 2.19. The van der Waals surface area contributed by atoms with Crippen molar-refractivity contribution in [3.05, 3.63) is 29.3 Å². The van der Waals surface area contributed by atoms with E-state index in [2.05, 4.69) is 16.2 Å². The maximum absolute atomic E-state index is 5.95. The molecule has 0 saturated heterocycles. The monoisotopic (exact) mass is 243 g/mol. The van der Waals surface area contributed by atoms with Crippen molar-refractivity contribution < 1.29 is 0 Å². The molecule has 1 aromatic rings. The Hall–Kier alpha value is -1.00. The Labute approximate surface area is 100 Å². The quantitative estimate of drug-likeness (QED) is 0.563. The van der Waals surface area contributed by atoms with E-state index in [1.54, 1.807) is 0 Å². The smallest absolute Gasteiger partial charge is 0.185 e. The van der Waals surface area contributed by atoms with Crippen LogP contribution in [0.2, 0.25) is 5.02 Å². The number of para-hydroxylation sites is 1. The molecule has 1 rings (SSSR count). The molecule has 0 aliphatic heterocycles. The lowest BCUT2D eigenvalue weighted by molar-refractivity contribution is 0.724. The summed E-state index contributed by atoms with van der Waals surface area (Å²) in [5, 5.41) is 4.24. The first-order valence-electron chi connectivity index (χ1n) is 4.66. The zero-order valence-electron chi connectivity index (χ0n) is 8.67. The molecule has 5 heteroatoms. The van der Waals surface area contributed by atoms with Crippen LogP contribution in [-0.4, -0.2) is 11.2 Å². The molecular formula is C10H14ClN3S. The lowest BCUT2D eigenvalue weighted by Crippen LogP contribution is -2.42. The van der Waals surface area contributed by atoms with Gasteiger partial charge in [0, 0.05) is 6.04 Å². The predicted molar refractivity (Wildman–Crippen MR) is 69.1 cm³/mol. The second kappa shape index (κ2) is 5.78. The lowest BCUT2D eigenvalue weighted by Gasteiger charge is -2.15. The summed E-state index contributed by atoms with van der Waals surface area (Å²) in [6.07, 6.45) is 0. The fraction of sp³-hybridized carbons (Fsp3) is 0.300. The first kappa shape index (κ1) is 12.1. The van der Waals surface area contributed by atoms with Crippen LogP contribution in [0.3, 0.4) is 0 Å². The standard InChI is InChI=1S/C10H14ClN3S/c1-7(2)12-10(15)14-13-9-6-4-3-5-8(9)11/h3-7,13H,1-2H3,(H2,12,14,15). The van der Waals surface area contributed by atoms with Crippen molar-refractivity contribution in [1.82, 2.24) is 10.7 Å². The largest absolute Gasteiger partial charge is 0.359 e. The van der Waals surface area contributed by atoms with Crippen molar-refractivity contribution in [2.24, 2.45) is 0 Å². The molecule has 3 N–H and O–H groups in total. The molecule has 15 heavy (non-hydrogen) atoms. The number of rotatable bonds is 3. The summed E-state index contributed by atoms with van der Waals surface area (Å²) in [5.74, 6) is 0. The zero-order chi connectivity index (χ0) is 11.3. The van der Waals surface area contributed by atoms with Gasteiger partial charge in [-0.05, 0) is 38.2 Å². The first-order chi connectivity index (χ1) is 7.09. The van der Waals surface area contributed by atoms with E-state index in [-0.39, 0.29) is 0 Å². The molecule has 0 amide bonds. The highest BCUT2D eigenvalue weighted by atomic mass is 35.5. The Bertz CT molecular complexity index is 341. The van der Waals surface area contributed by atoms with Crippen molar-refractivity contribution >= 4 is 34.6 Å². The number of halogens is 1. The summed E-state index contributed by atoms with van der Waals surface area (Å²) in [4.78, 5) is 0. The van der Waals surface area contributed by atoms with Crippen LogP contribution in [0, 0.1) is 0 Å². The van der Waals surface area contributed by atoms with E-state index in [9.17, 15) is 0 Å². The summed E-state index contributed by atoms with van der Waals surface area (Å²) in [6, 6.07) is 7.75. The zero-order valence-corrected chi connectivity index (χ0v) is 10.2. The Morgan fingerprint density at radius 1 is 1.33 bits per heavy atom. The molecule has 0 saturated carbocycles. The molecule has 0 unspecified atom stereocenters. The number of hydrogen-bond acceptors (Lipinski definition) is 2. The van der Waals surface area contributed by atoms with Crippen LogP contribution in [0.4, 0.5) is 5.69 Å². The van der Waals surface area contributed by atoms with Crippen LogP contribution in [-0.2, 0) is 0 Å². The molecule has 1 aromatic carbocycles. The summed E-state index contributed by atoms with van der Waals surface area (Å²) in [5.41, 5.74) is 6.59. The molecule has 0 fully saturated rings. The van der Waals surface area contributed by atoms with Gasteiger partial charge < -0.3 is 5.32 Å². The fourth-order valence-corrected chi connectivity index (χ4v) is 1.45. The lowest BCUT2D eigenvalue weighted by atomic mass is 10.3. The third-order valence-electron chi connectivity index (χ3n) is 1.60. The Morgan fingerprint density at radius 2 is 2.00 bits per heavy atom. The van der Waals surface area contributed by atoms with Crippen LogP contribution >= 0.6 is 23.8 Å². The van der Waals surface area contributed by atoms with Crippen molar-refractivity contribution in [3.8, 4) is 0 Å². The van der Waals surface area contributed by atoms with Crippen molar-refractivity contribution in [2.45, 2.75) is 19.9 Å². The van der Waals surface area contributed by atoms with Gasteiger partial charge in [-0.1, -0.05) is 23.7 Å². The number of anilines is 1. The van der Waals surface area contributed by atoms with Crippen molar-refractivity contribution in [1.29, 1.82) is 0 Å². The average molecular weight is 244 g/mol. The van der Waals surface area contributed by atoms with E-state index < -0.39 is 0 Å². The van der Waals surface area contributed by atoms with Crippen LogP contribution < -0.4 is 16.2 Å². The molecule has 3 nitrogen and oxygen atoms in total. The third-order valence-corrected chi connectivity index (χ3v) is 2.15. The Kier molecular flexibility index (Phi) is 4.65. The van der Waals surface area contributed by atoms with Crippen LogP contribution in [0.15, 0.2) is 24.3 Å². The van der Waals surface area contributed by atoms with E-state index in [0.717, 1.165) is 5.69 Å². The maximum Gasteiger partial charge on any atom is 0.185 e. The minimum absolute atomic E-state index is 0.304. The van der Waals surface area contributed by atoms with E-state index in [1.807, 2.05) is 38.1 Å². The van der Waals surface area contributed by atoms with Gasteiger partial charge in [0.1, 0.15) is 0 Å².